The molecular weight excluding hydrogens is 220 g/mol. The molecule has 2 rings (SSSR count). The molecule has 0 amide bonds. The Morgan fingerprint density at radius 3 is 2.33 bits per heavy atom. The van der Waals surface area contributed by atoms with Crippen LogP contribution in [0, 0.1) is 0 Å². The van der Waals surface area contributed by atoms with E-state index in [2.05, 4.69) is 19.1 Å². The number of carbonyl (C=O) groups excluding carboxylic acids is 1. The summed E-state index contributed by atoms with van der Waals surface area (Å²) in [6.07, 6.45) is 4.82. The fourth-order valence-electron chi connectivity index (χ4n) is 2.33. The lowest BCUT2D eigenvalue weighted by atomic mass is 10.0. The number of ketones is 1. The van der Waals surface area contributed by atoms with Gasteiger partial charge in [-0.3, -0.25) is 4.79 Å². The van der Waals surface area contributed by atoms with Crippen molar-refractivity contribution in [3.63, 3.8) is 0 Å². The molecule has 0 atom stereocenters. The lowest BCUT2D eigenvalue weighted by Crippen LogP contribution is -2.03. The summed E-state index contributed by atoms with van der Waals surface area (Å²) in [4.78, 5) is 12.0. The van der Waals surface area contributed by atoms with Gasteiger partial charge >= 0.3 is 0 Å². The zero-order valence-corrected chi connectivity index (χ0v) is 11.8. The zero-order valence-electron chi connectivity index (χ0n) is 11.8. The molecule has 0 spiro atoms. The Kier molecular flexibility index (Phi) is 6.42. The van der Waals surface area contributed by atoms with E-state index in [-0.39, 0.29) is 0 Å². The molecule has 1 heteroatoms. The number of hydrogen-bond acceptors (Lipinski definition) is 1. The van der Waals surface area contributed by atoms with Crippen molar-refractivity contribution < 1.29 is 4.79 Å². The minimum absolute atomic E-state index is 0.360. The van der Waals surface area contributed by atoms with Crippen LogP contribution in [0.2, 0.25) is 0 Å². The number of benzene rings is 1. The van der Waals surface area contributed by atoms with Gasteiger partial charge in [-0.1, -0.05) is 49.8 Å². The first kappa shape index (κ1) is 14.7. The van der Waals surface area contributed by atoms with Crippen molar-refractivity contribution in [3.05, 3.63) is 47.0 Å². The Morgan fingerprint density at radius 1 is 1.11 bits per heavy atom. The number of allylic oxidation sites excluding steroid dienone is 2. The average molecular weight is 244 g/mol. The standard InChI is InChI=1S/C15H18O.C2H6/c1-12-6-5-9-14(12)15(16)11-10-13-7-3-2-4-8-13;1-2/h2-4,7-8H,5-6,9-11H2,1H3;1-2H3. The quantitative estimate of drug-likeness (QED) is 0.749. The second-order valence-corrected chi connectivity index (χ2v) is 4.52. The van der Waals surface area contributed by atoms with Gasteiger partial charge in [-0.25, -0.2) is 0 Å². The molecule has 1 aliphatic carbocycles. The van der Waals surface area contributed by atoms with Crippen LogP contribution in [0.4, 0.5) is 0 Å². The van der Waals surface area contributed by atoms with E-state index in [9.17, 15) is 4.79 Å². The summed E-state index contributed by atoms with van der Waals surface area (Å²) in [5, 5.41) is 0. The molecule has 0 heterocycles. The maximum atomic E-state index is 12.0. The Hall–Kier alpha value is -1.37. The van der Waals surface area contributed by atoms with E-state index in [1.807, 2.05) is 32.0 Å². The number of rotatable bonds is 4. The van der Waals surface area contributed by atoms with Gasteiger partial charge < -0.3 is 0 Å². The first-order chi connectivity index (χ1) is 8.77. The normalized spacial score (nSPS) is 14.2. The maximum Gasteiger partial charge on any atom is 0.159 e. The van der Waals surface area contributed by atoms with Crippen LogP contribution in [-0.2, 0) is 11.2 Å². The molecule has 0 saturated heterocycles. The van der Waals surface area contributed by atoms with E-state index < -0.39 is 0 Å². The topological polar surface area (TPSA) is 17.1 Å². The van der Waals surface area contributed by atoms with Gasteiger partial charge in [0.15, 0.2) is 5.78 Å². The Bertz CT molecular complexity index is 401. The third kappa shape index (κ3) is 4.14. The van der Waals surface area contributed by atoms with Gasteiger partial charge in [0.2, 0.25) is 0 Å². The van der Waals surface area contributed by atoms with Crippen LogP contribution < -0.4 is 0 Å². The van der Waals surface area contributed by atoms with Gasteiger partial charge in [0.1, 0.15) is 0 Å². The molecule has 18 heavy (non-hydrogen) atoms. The van der Waals surface area contributed by atoms with E-state index in [1.165, 1.54) is 11.1 Å². The largest absolute Gasteiger partial charge is 0.295 e. The molecule has 0 unspecified atom stereocenters. The van der Waals surface area contributed by atoms with Crippen LogP contribution in [0.5, 0.6) is 0 Å². The molecule has 1 nitrogen and oxygen atoms in total. The minimum atomic E-state index is 0.360. The molecule has 1 aliphatic rings. The van der Waals surface area contributed by atoms with E-state index in [4.69, 9.17) is 0 Å². The lowest BCUT2D eigenvalue weighted by molar-refractivity contribution is -0.115. The number of aryl methyl sites for hydroxylation is 1. The van der Waals surface area contributed by atoms with Crippen molar-refractivity contribution >= 4 is 5.78 Å². The summed E-state index contributed by atoms with van der Waals surface area (Å²) in [5.74, 6) is 0.360. The molecule has 0 radical (unpaired) electrons. The van der Waals surface area contributed by atoms with Gasteiger partial charge in [-0.15, -0.1) is 0 Å². The molecule has 0 N–H and O–H groups in total. The van der Waals surface area contributed by atoms with Gasteiger partial charge in [-0.05, 0) is 43.7 Å². The summed E-state index contributed by atoms with van der Waals surface area (Å²) in [6, 6.07) is 10.2. The summed E-state index contributed by atoms with van der Waals surface area (Å²) in [7, 11) is 0. The Balaban J connectivity index is 0.000000771. The average Bonchev–Trinajstić information content (AvgIpc) is 2.86. The van der Waals surface area contributed by atoms with Gasteiger partial charge in [0.05, 0.1) is 0 Å². The first-order valence-corrected chi connectivity index (χ1v) is 7.03. The number of Topliss-reactive ketones (excluding diaryl/α,β-unsaturated/α-hetero) is 1. The fraction of sp³-hybridized carbons (Fsp3) is 0.471. The Labute approximate surface area is 111 Å². The lowest BCUT2D eigenvalue weighted by Gasteiger charge is -2.03. The van der Waals surface area contributed by atoms with Gasteiger partial charge in [-0.2, -0.15) is 0 Å². The maximum absolute atomic E-state index is 12.0. The number of carbonyl (C=O) groups is 1. The van der Waals surface area contributed by atoms with E-state index in [0.29, 0.717) is 12.2 Å². The van der Waals surface area contributed by atoms with Crippen LogP contribution >= 0.6 is 0 Å². The second kappa shape index (κ2) is 7.86. The Morgan fingerprint density at radius 2 is 1.78 bits per heavy atom. The van der Waals surface area contributed by atoms with Gasteiger partial charge in [0, 0.05) is 6.42 Å². The highest BCUT2D eigenvalue weighted by Crippen LogP contribution is 2.27. The monoisotopic (exact) mass is 244 g/mol. The predicted molar refractivity (Wildman–Crippen MR) is 77.7 cm³/mol. The van der Waals surface area contributed by atoms with Crippen LogP contribution in [0.3, 0.4) is 0 Å². The van der Waals surface area contributed by atoms with E-state index >= 15 is 0 Å². The van der Waals surface area contributed by atoms with Crippen molar-refractivity contribution in [1.82, 2.24) is 0 Å². The van der Waals surface area contributed by atoms with Gasteiger partial charge in [0.25, 0.3) is 0 Å². The highest BCUT2D eigenvalue weighted by Gasteiger charge is 2.17. The van der Waals surface area contributed by atoms with Crippen LogP contribution in [0.25, 0.3) is 0 Å². The smallest absolute Gasteiger partial charge is 0.159 e. The summed E-state index contributed by atoms with van der Waals surface area (Å²) in [6.45, 7) is 6.10. The third-order valence-corrected chi connectivity index (χ3v) is 3.31. The molecule has 0 aliphatic heterocycles. The van der Waals surface area contributed by atoms with Crippen molar-refractivity contribution in [2.24, 2.45) is 0 Å². The molecule has 98 valence electrons. The molecule has 0 aromatic heterocycles. The van der Waals surface area contributed by atoms with Crippen molar-refractivity contribution in [2.75, 3.05) is 0 Å². The molecule has 1 aromatic carbocycles. The van der Waals surface area contributed by atoms with Crippen LogP contribution in [0.1, 0.15) is 52.0 Å². The fourth-order valence-corrected chi connectivity index (χ4v) is 2.33. The predicted octanol–water partition coefficient (Wildman–Crippen LogP) is 4.71. The first-order valence-electron chi connectivity index (χ1n) is 7.03. The highest BCUT2D eigenvalue weighted by atomic mass is 16.1. The zero-order chi connectivity index (χ0) is 13.4. The molecule has 1 aromatic rings. The van der Waals surface area contributed by atoms with E-state index in [1.54, 1.807) is 0 Å². The summed E-state index contributed by atoms with van der Waals surface area (Å²) < 4.78 is 0. The summed E-state index contributed by atoms with van der Waals surface area (Å²) in [5.41, 5.74) is 3.68. The highest BCUT2D eigenvalue weighted by molar-refractivity contribution is 5.96. The molecule has 0 fully saturated rings. The van der Waals surface area contributed by atoms with Crippen LogP contribution in [-0.4, -0.2) is 5.78 Å². The molecule has 0 saturated carbocycles. The van der Waals surface area contributed by atoms with Crippen LogP contribution in [0.15, 0.2) is 41.5 Å². The SMILES string of the molecule is CC.CC1=C(C(=O)CCc2ccccc2)CCC1. The van der Waals surface area contributed by atoms with Crippen molar-refractivity contribution in [3.8, 4) is 0 Å². The molecular formula is C17H24O. The second-order valence-electron chi connectivity index (χ2n) is 4.52. The van der Waals surface area contributed by atoms with Crippen molar-refractivity contribution in [1.29, 1.82) is 0 Å². The van der Waals surface area contributed by atoms with Crippen molar-refractivity contribution in [2.45, 2.75) is 52.9 Å². The number of hydrogen-bond donors (Lipinski definition) is 0. The molecule has 0 bridgehead atoms. The van der Waals surface area contributed by atoms with E-state index in [0.717, 1.165) is 31.3 Å². The summed E-state index contributed by atoms with van der Waals surface area (Å²) >= 11 is 0. The third-order valence-electron chi connectivity index (χ3n) is 3.31. The minimum Gasteiger partial charge on any atom is -0.295 e.